The number of pyridine rings is 1. The lowest BCUT2D eigenvalue weighted by molar-refractivity contribution is 0.475. The molecule has 19 heavy (non-hydrogen) atoms. The number of hydrogen-bond acceptors (Lipinski definition) is 5. The molecule has 2 heterocycles. The summed E-state index contributed by atoms with van der Waals surface area (Å²) in [6, 6.07) is 2.37. The largest absolute Gasteiger partial charge is 0.504 e. The second-order valence-electron chi connectivity index (χ2n) is 3.32. The topological polar surface area (TPSA) is 79.3 Å². The van der Waals surface area contributed by atoms with E-state index in [-0.39, 0.29) is 24.4 Å². The molecule has 0 saturated carbocycles. The molecule has 10 heteroatoms. The molecule has 0 aliphatic carbocycles. The van der Waals surface area contributed by atoms with Crippen LogP contribution in [0, 0.1) is 0 Å². The van der Waals surface area contributed by atoms with Gasteiger partial charge in [-0.1, -0.05) is 34.8 Å². The summed E-state index contributed by atoms with van der Waals surface area (Å²) < 4.78 is 26.4. The zero-order chi connectivity index (χ0) is 14.2. The van der Waals surface area contributed by atoms with Gasteiger partial charge in [0.25, 0.3) is 10.0 Å². The molecule has 0 amide bonds. The Balaban J connectivity index is 2.39. The molecule has 2 N–H and O–H groups in total. The summed E-state index contributed by atoms with van der Waals surface area (Å²) in [7, 11) is -3.98. The van der Waals surface area contributed by atoms with Crippen LogP contribution in [0.2, 0.25) is 13.7 Å². The van der Waals surface area contributed by atoms with Gasteiger partial charge in [0, 0.05) is 12.3 Å². The maximum Gasteiger partial charge on any atom is 0.265 e. The van der Waals surface area contributed by atoms with E-state index in [9.17, 15) is 13.5 Å². The molecule has 0 bridgehead atoms. The number of nitrogens with zero attached hydrogens (tertiary/aromatic N) is 1. The van der Waals surface area contributed by atoms with E-state index < -0.39 is 15.8 Å². The molecule has 2 aromatic rings. The fourth-order valence-electron chi connectivity index (χ4n) is 1.20. The number of anilines is 1. The Labute approximate surface area is 127 Å². The standard InChI is InChI=1S/C9H5Cl3N2O3S2/c10-4-1-5(15)9(13-3-4)14-19(16,17)6-2-7(11)18-8(6)12/h1-3,15H,(H,13,14). The van der Waals surface area contributed by atoms with Crippen LogP contribution >= 0.6 is 46.1 Å². The number of hydrogen-bond donors (Lipinski definition) is 2. The van der Waals surface area contributed by atoms with Crippen LogP contribution in [-0.4, -0.2) is 18.5 Å². The SMILES string of the molecule is O=S(=O)(Nc1ncc(Cl)cc1O)c1cc(Cl)sc1Cl. The number of aromatic nitrogens is 1. The first-order valence-corrected chi connectivity index (χ1v) is 8.05. The summed E-state index contributed by atoms with van der Waals surface area (Å²) in [6.45, 7) is 0. The van der Waals surface area contributed by atoms with Gasteiger partial charge in [-0.2, -0.15) is 0 Å². The van der Waals surface area contributed by atoms with E-state index in [0.717, 1.165) is 17.4 Å². The van der Waals surface area contributed by atoms with Crippen LogP contribution in [0.4, 0.5) is 5.82 Å². The molecule has 0 saturated heterocycles. The van der Waals surface area contributed by atoms with E-state index >= 15 is 0 Å². The van der Waals surface area contributed by atoms with E-state index in [4.69, 9.17) is 34.8 Å². The van der Waals surface area contributed by atoms with Crippen molar-refractivity contribution in [1.29, 1.82) is 0 Å². The minimum atomic E-state index is -3.98. The van der Waals surface area contributed by atoms with Gasteiger partial charge in [0.1, 0.15) is 9.23 Å². The van der Waals surface area contributed by atoms with Gasteiger partial charge in [-0.25, -0.2) is 13.4 Å². The van der Waals surface area contributed by atoms with Crippen LogP contribution in [0.25, 0.3) is 0 Å². The van der Waals surface area contributed by atoms with Crippen LogP contribution in [0.5, 0.6) is 5.75 Å². The zero-order valence-corrected chi connectivity index (χ0v) is 12.8. The molecule has 102 valence electrons. The Hall–Kier alpha value is -0.730. The number of nitrogens with one attached hydrogen (secondary N) is 1. The molecule has 2 rings (SSSR count). The first-order chi connectivity index (χ1) is 8.79. The van der Waals surface area contributed by atoms with Gasteiger partial charge in [0.15, 0.2) is 11.6 Å². The first kappa shape index (κ1) is 14.7. The van der Waals surface area contributed by atoms with Crippen LogP contribution in [0.15, 0.2) is 23.2 Å². The fraction of sp³-hybridized carbons (Fsp3) is 0. The lowest BCUT2D eigenvalue weighted by Gasteiger charge is -2.07. The van der Waals surface area contributed by atoms with Crippen LogP contribution in [0.3, 0.4) is 0 Å². The van der Waals surface area contributed by atoms with Gasteiger partial charge in [-0.15, -0.1) is 11.3 Å². The van der Waals surface area contributed by atoms with Crippen LogP contribution in [0.1, 0.15) is 0 Å². The molecular weight excluding hydrogens is 355 g/mol. The highest BCUT2D eigenvalue weighted by Crippen LogP contribution is 2.35. The van der Waals surface area contributed by atoms with Crippen molar-refractivity contribution in [1.82, 2.24) is 4.98 Å². The second-order valence-corrected chi connectivity index (χ2v) is 7.69. The summed E-state index contributed by atoms with van der Waals surface area (Å²) in [5, 5.41) is 9.72. The van der Waals surface area contributed by atoms with Crippen molar-refractivity contribution in [3.8, 4) is 5.75 Å². The van der Waals surface area contributed by atoms with Gasteiger partial charge in [-0.3, -0.25) is 4.72 Å². The van der Waals surface area contributed by atoms with Crippen molar-refractivity contribution in [2.75, 3.05) is 4.72 Å². The molecule has 0 aliphatic rings. The molecule has 0 atom stereocenters. The van der Waals surface area contributed by atoms with Gasteiger partial charge >= 0.3 is 0 Å². The Bertz CT molecular complexity index is 730. The zero-order valence-electron chi connectivity index (χ0n) is 8.89. The summed E-state index contributed by atoms with van der Waals surface area (Å²) in [6.07, 6.45) is 1.20. The number of thiophene rings is 1. The third kappa shape index (κ3) is 3.24. The lowest BCUT2D eigenvalue weighted by atomic mass is 10.4. The summed E-state index contributed by atoms with van der Waals surface area (Å²) in [5.74, 6) is -0.642. The molecule has 2 aromatic heterocycles. The van der Waals surface area contributed by atoms with Crippen molar-refractivity contribution in [3.63, 3.8) is 0 Å². The fourth-order valence-corrected chi connectivity index (χ4v) is 4.52. The Morgan fingerprint density at radius 1 is 1.26 bits per heavy atom. The van der Waals surface area contributed by atoms with Crippen molar-refractivity contribution in [2.45, 2.75) is 4.90 Å². The average Bonchev–Trinajstić information content (AvgIpc) is 2.63. The highest BCUT2D eigenvalue weighted by Gasteiger charge is 2.22. The summed E-state index contributed by atoms with van der Waals surface area (Å²) in [4.78, 5) is 3.50. The molecule has 0 radical (unpaired) electrons. The minimum absolute atomic E-state index is 0.0194. The lowest BCUT2D eigenvalue weighted by Crippen LogP contribution is -2.13. The monoisotopic (exact) mass is 358 g/mol. The molecular formula is C9H5Cl3N2O3S2. The average molecular weight is 360 g/mol. The van der Waals surface area contributed by atoms with Crippen molar-refractivity contribution in [2.24, 2.45) is 0 Å². The first-order valence-electron chi connectivity index (χ1n) is 4.62. The highest BCUT2D eigenvalue weighted by atomic mass is 35.5. The minimum Gasteiger partial charge on any atom is -0.504 e. The van der Waals surface area contributed by atoms with Gasteiger partial charge in [-0.05, 0) is 6.07 Å². The third-order valence-electron chi connectivity index (χ3n) is 1.98. The van der Waals surface area contributed by atoms with Crippen molar-refractivity contribution >= 4 is 62.0 Å². The van der Waals surface area contributed by atoms with Crippen molar-refractivity contribution in [3.05, 3.63) is 32.0 Å². The molecule has 5 nitrogen and oxygen atoms in total. The maximum absolute atomic E-state index is 12.0. The predicted molar refractivity (Wildman–Crippen MR) is 76.1 cm³/mol. The van der Waals surface area contributed by atoms with E-state index in [2.05, 4.69) is 9.71 Å². The quantitative estimate of drug-likeness (QED) is 0.877. The third-order valence-corrected chi connectivity index (χ3v) is 5.28. The number of rotatable bonds is 3. The van der Waals surface area contributed by atoms with Crippen molar-refractivity contribution < 1.29 is 13.5 Å². The number of sulfonamides is 1. The molecule has 0 unspecified atom stereocenters. The Kier molecular flexibility index (Phi) is 4.12. The Morgan fingerprint density at radius 2 is 1.95 bits per heavy atom. The highest BCUT2D eigenvalue weighted by molar-refractivity contribution is 7.93. The smallest absolute Gasteiger partial charge is 0.265 e. The molecule has 0 aliphatic heterocycles. The van der Waals surface area contributed by atoms with E-state index in [1.807, 2.05) is 0 Å². The van der Waals surface area contributed by atoms with E-state index in [1.165, 1.54) is 12.3 Å². The van der Waals surface area contributed by atoms with Gasteiger partial charge < -0.3 is 5.11 Å². The number of halogens is 3. The van der Waals surface area contributed by atoms with E-state index in [1.54, 1.807) is 0 Å². The summed E-state index contributed by atoms with van der Waals surface area (Å²) in [5.41, 5.74) is 0. The second kappa shape index (κ2) is 5.34. The maximum atomic E-state index is 12.0. The predicted octanol–water partition coefficient (Wildman–Crippen LogP) is 3.61. The molecule has 0 spiro atoms. The normalized spacial score (nSPS) is 11.5. The summed E-state index contributed by atoms with van der Waals surface area (Å²) >= 11 is 18.0. The van der Waals surface area contributed by atoms with Gasteiger partial charge in [0.2, 0.25) is 0 Å². The van der Waals surface area contributed by atoms with E-state index in [0.29, 0.717) is 0 Å². The van der Waals surface area contributed by atoms with Crippen LogP contribution < -0.4 is 4.72 Å². The number of aromatic hydroxyl groups is 1. The molecule has 0 aromatic carbocycles. The van der Waals surface area contributed by atoms with Crippen LogP contribution in [-0.2, 0) is 10.0 Å². The Morgan fingerprint density at radius 3 is 2.47 bits per heavy atom. The molecule has 0 fully saturated rings. The van der Waals surface area contributed by atoms with Gasteiger partial charge in [0.05, 0.1) is 9.36 Å².